The number of amides is 1. The third-order valence-corrected chi connectivity index (χ3v) is 4.72. The average molecular weight is 453 g/mol. The van der Waals surface area contributed by atoms with Crippen molar-refractivity contribution in [3.8, 4) is 28.7 Å². The Morgan fingerprint density at radius 1 is 0.939 bits per heavy atom. The van der Waals surface area contributed by atoms with E-state index in [0.717, 1.165) is 11.1 Å². The number of rotatable bonds is 6. The second-order valence-corrected chi connectivity index (χ2v) is 7.16. The van der Waals surface area contributed by atoms with Crippen molar-refractivity contribution in [2.75, 3.05) is 11.9 Å². The summed E-state index contributed by atoms with van der Waals surface area (Å²) in [6.45, 7) is 0.488. The molecule has 1 heterocycles. The molecule has 1 aromatic heterocycles. The zero-order valence-corrected chi connectivity index (χ0v) is 17.4. The van der Waals surface area contributed by atoms with Crippen LogP contribution in [0.3, 0.4) is 0 Å². The molecule has 0 saturated carbocycles. The van der Waals surface area contributed by atoms with E-state index in [-0.39, 0.29) is 11.4 Å². The summed E-state index contributed by atoms with van der Waals surface area (Å²) < 4.78 is 48.0. The number of nitrogens with zero attached hydrogens (tertiary/aromatic N) is 2. The summed E-state index contributed by atoms with van der Waals surface area (Å²) in [6.07, 6.45) is -4.49. The highest BCUT2D eigenvalue weighted by atomic mass is 19.4. The van der Waals surface area contributed by atoms with E-state index in [1.54, 1.807) is 30.3 Å². The van der Waals surface area contributed by atoms with E-state index in [2.05, 4.69) is 15.5 Å². The van der Waals surface area contributed by atoms with Crippen LogP contribution < -0.4 is 10.1 Å². The zero-order chi connectivity index (χ0) is 23.4. The second kappa shape index (κ2) is 9.15. The third-order valence-electron chi connectivity index (χ3n) is 4.72. The molecule has 0 atom stereocenters. The SMILES string of the molecule is Cc1ccccc1-c1nnc(-c2ccc(C(=O)Nc3ccccc3OCC(F)(F)F)cc2)o1. The number of ether oxygens (including phenoxy) is 1. The van der Waals surface area contributed by atoms with Gasteiger partial charge in [-0.3, -0.25) is 4.79 Å². The van der Waals surface area contributed by atoms with Gasteiger partial charge in [0.05, 0.1) is 5.69 Å². The van der Waals surface area contributed by atoms with Gasteiger partial charge in [-0.1, -0.05) is 30.3 Å². The summed E-state index contributed by atoms with van der Waals surface area (Å²) >= 11 is 0. The third kappa shape index (κ3) is 5.38. The highest BCUT2D eigenvalue weighted by Gasteiger charge is 2.29. The smallest absolute Gasteiger partial charge is 0.422 e. The van der Waals surface area contributed by atoms with Crippen molar-refractivity contribution >= 4 is 11.6 Å². The van der Waals surface area contributed by atoms with Gasteiger partial charge < -0.3 is 14.5 Å². The Morgan fingerprint density at radius 3 is 2.33 bits per heavy atom. The molecule has 0 fully saturated rings. The van der Waals surface area contributed by atoms with Crippen LogP contribution in [-0.2, 0) is 0 Å². The largest absolute Gasteiger partial charge is 0.482 e. The molecule has 9 heteroatoms. The van der Waals surface area contributed by atoms with Gasteiger partial charge in [-0.15, -0.1) is 10.2 Å². The number of para-hydroxylation sites is 2. The minimum absolute atomic E-state index is 0.0746. The number of anilines is 1. The van der Waals surface area contributed by atoms with Crippen LogP contribution in [0.1, 0.15) is 15.9 Å². The first-order valence-electron chi connectivity index (χ1n) is 9.90. The predicted molar refractivity (Wildman–Crippen MR) is 116 cm³/mol. The number of aromatic nitrogens is 2. The number of carbonyl (C=O) groups is 1. The number of aryl methyl sites for hydroxylation is 1. The number of nitrogens with one attached hydrogen (secondary N) is 1. The van der Waals surface area contributed by atoms with E-state index in [1.807, 2.05) is 31.2 Å². The Labute approximate surface area is 187 Å². The molecule has 0 aliphatic heterocycles. The first-order valence-corrected chi connectivity index (χ1v) is 9.90. The molecule has 0 spiro atoms. The van der Waals surface area contributed by atoms with Crippen LogP contribution in [0.2, 0.25) is 0 Å². The minimum Gasteiger partial charge on any atom is -0.482 e. The maximum absolute atomic E-state index is 12.6. The molecule has 0 bridgehead atoms. The quantitative estimate of drug-likeness (QED) is 0.393. The zero-order valence-electron chi connectivity index (χ0n) is 17.4. The molecule has 6 nitrogen and oxygen atoms in total. The molecule has 0 radical (unpaired) electrons. The molecule has 0 aliphatic carbocycles. The highest BCUT2D eigenvalue weighted by molar-refractivity contribution is 6.05. The molecule has 168 valence electrons. The Morgan fingerprint density at radius 2 is 1.61 bits per heavy atom. The summed E-state index contributed by atoms with van der Waals surface area (Å²) in [5.74, 6) is 0.108. The number of carbonyl (C=O) groups excluding carboxylic acids is 1. The number of hydrogen-bond acceptors (Lipinski definition) is 5. The Kier molecular flexibility index (Phi) is 6.12. The van der Waals surface area contributed by atoms with Crippen LogP contribution in [0.4, 0.5) is 18.9 Å². The maximum atomic E-state index is 12.6. The molecule has 33 heavy (non-hydrogen) atoms. The van der Waals surface area contributed by atoms with Gasteiger partial charge in [0.15, 0.2) is 6.61 Å². The van der Waals surface area contributed by atoms with Crippen molar-refractivity contribution in [3.63, 3.8) is 0 Å². The van der Waals surface area contributed by atoms with E-state index in [4.69, 9.17) is 9.15 Å². The lowest BCUT2D eigenvalue weighted by atomic mass is 10.1. The molecular formula is C24H18F3N3O3. The van der Waals surface area contributed by atoms with Crippen LogP contribution in [-0.4, -0.2) is 28.9 Å². The van der Waals surface area contributed by atoms with E-state index < -0.39 is 18.7 Å². The van der Waals surface area contributed by atoms with E-state index in [0.29, 0.717) is 22.9 Å². The van der Waals surface area contributed by atoms with Gasteiger partial charge in [0.2, 0.25) is 11.8 Å². The van der Waals surface area contributed by atoms with E-state index >= 15 is 0 Å². The highest BCUT2D eigenvalue weighted by Crippen LogP contribution is 2.28. The van der Waals surface area contributed by atoms with Crippen LogP contribution >= 0.6 is 0 Å². The Bertz CT molecular complexity index is 1270. The van der Waals surface area contributed by atoms with Crippen molar-refractivity contribution in [2.45, 2.75) is 13.1 Å². The normalized spacial score (nSPS) is 11.3. The molecule has 4 rings (SSSR count). The van der Waals surface area contributed by atoms with Crippen molar-refractivity contribution in [2.24, 2.45) is 0 Å². The molecule has 0 aliphatic rings. The maximum Gasteiger partial charge on any atom is 0.422 e. The fraction of sp³-hybridized carbons (Fsp3) is 0.125. The van der Waals surface area contributed by atoms with E-state index in [9.17, 15) is 18.0 Å². The topological polar surface area (TPSA) is 77.2 Å². The second-order valence-electron chi connectivity index (χ2n) is 7.16. The van der Waals surface area contributed by atoms with Gasteiger partial charge in [0.25, 0.3) is 5.91 Å². The summed E-state index contributed by atoms with van der Waals surface area (Å²) in [7, 11) is 0. The van der Waals surface area contributed by atoms with Crippen molar-refractivity contribution < 1.29 is 27.1 Å². The molecule has 0 unspecified atom stereocenters. The minimum atomic E-state index is -4.49. The van der Waals surface area contributed by atoms with Gasteiger partial charge >= 0.3 is 6.18 Å². The van der Waals surface area contributed by atoms with Gasteiger partial charge in [0, 0.05) is 16.7 Å². The molecule has 0 saturated heterocycles. The lowest BCUT2D eigenvalue weighted by Gasteiger charge is -2.13. The fourth-order valence-electron chi connectivity index (χ4n) is 3.08. The monoisotopic (exact) mass is 453 g/mol. The lowest BCUT2D eigenvalue weighted by Crippen LogP contribution is -2.20. The summed E-state index contributed by atoms with van der Waals surface area (Å²) in [5, 5.41) is 10.7. The van der Waals surface area contributed by atoms with Crippen molar-refractivity contribution in [1.29, 1.82) is 0 Å². The van der Waals surface area contributed by atoms with Gasteiger partial charge in [-0.05, 0) is 55.0 Å². The van der Waals surface area contributed by atoms with E-state index in [1.165, 1.54) is 18.2 Å². The van der Waals surface area contributed by atoms with Gasteiger partial charge in [0.1, 0.15) is 5.75 Å². The number of benzene rings is 3. The molecule has 4 aromatic rings. The lowest BCUT2D eigenvalue weighted by molar-refractivity contribution is -0.153. The van der Waals surface area contributed by atoms with Crippen LogP contribution in [0.5, 0.6) is 5.75 Å². The van der Waals surface area contributed by atoms with Crippen LogP contribution in [0.15, 0.2) is 77.2 Å². The molecule has 1 N–H and O–H groups in total. The van der Waals surface area contributed by atoms with Crippen LogP contribution in [0.25, 0.3) is 22.9 Å². The Hall–Kier alpha value is -4.14. The number of hydrogen-bond donors (Lipinski definition) is 1. The van der Waals surface area contributed by atoms with Crippen molar-refractivity contribution in [1.82, 2.24) is 10.2 Å². The fourth-order valence-corrected chi connectivity index (χ4v) is 3.08. The molecule has 1 amide bonds. The Balaban J connectivity index is 1.47. The standard InChI is InChI=1S/C24H18F3N3O3/c1-15-6-2-3-7-18(15)23-30-29-22(33-23)17-12-10-16(11-13-17)21(31)28-19-8-4-5-9-20(19)32-14-24(25,26)27/h2-13H,14H2,1H3,(H,28,31). The average Bonchev–Trinajstić information content (AvgIpc) is 3.28. The summed E-state index contributed by atoms with van der Waals surface area (Å²) in [4.78, 5) is 12.6. The molecule has 3 aromatic carbocycles. The predicted octanol–water partition coefficient (Wildman–Crippen LogP) is 5.91. The van der Waals surface area contributed by atoms with Gasteiger partial charge in [-0.25, -0.2) is 0 Å². The van der Waals surface area contributed by atoms with Crippen LogP contribution in [0, 0.1) is 6.92 Å². The number of halogens is 3. The summed E-state index contributed by atoms with van der Waals surface area (Å²) in [5.41, 5.74) is 2.88. The molecular weight excluding hydrogens is 435 g/mol. The number of alkyl halides is 3. The van der Waals surface area contributed by atoms with Gasteiger partial charge in [-0.2, -0.15) is 13.2 Å². The first kappa shape index (κ1) is 22.1. The summed E-state index contributed by atoms with van der Waals surface area (Å²) in [6, 6.07) is 20.0. The first-order chi connectivity index (χ1) is 15.8. The van der Waals surface area contributed by atoms with Crippen molar-refractivity contribution in [3.05, 3.63) is 83.9 Å².